The number of nitrogen functional groups attached to an aromatic ring is 1. The first kappa shape index (κ1) is 13.9. The molecule has 2 rings (SSSR count). The maximum atomic E-state index is 13.6. The Bertz CT molecular complexity index is 642. The molecule has 1 heterocycles. The third kappa shape index (κ3) is 2.90. The van der Waals surface area contributed by atoms with Crippen LogP contribution in [0.3, 0.4) is 0 Å². The van der Waals surface area contributed by atoms with Crippen LogP contribution in [-0.2, 0) is 0 Å². The molecule has 3 N–H and O–H groups in total. The van der Waals surface area contributed by atoms with Gasteiger partial charge in [-0.3, -0.25) is 10.1 Å². The Hall–Kier alpha value is -2.50. The summed E-state index contributed by atoms with van der Waals surface area (Å²) in [5, 5.41) is 2.53. The number of rotatable bonds is 2. The minimum absolute atomic E-state index is 0.133. The first-order valence-electron chi connectivity index (χ1n) is 6.06. The van der Waals surface area contributed by atoms with Crippen molar-refractivity contribution >= 4 is 17.5 Å². The molecule has 0 bridgehead atoms. The first-order chi connectivity index (χ1) is 9.36. The Morgan fingerprint density at radius 3 is 2.30 bits per heavy atom. The summed E-state index contributed by atoms with van der Waals surface area (Å²) in [6, 6.07) is 4.36. The normalized spacial score (nSPS) is 10.4. The van der Waals surface area contributed by atoms with E-state index in [1.54, 1.807) is 26.8 Å². The van der Waals surface area contributed by atoms with Crippen molar-refractivity contribution in [1.29, 1.82) is 0 Å². The van der Waals surface area contributed by atoms with Crippen LogP contribution in [0.15, 0.2) is 18.2 Å². The molecule has 1 aromatic heterocycles. The first-order valence-corrected chi connectivity index (χ1v) is 6.06. The van der Waals surface area contributed by atoms with Gasteiger partial charge in [0, 0.05) is 28.2 Å². The molecule has 0 saturated heterocycles. The van der Waals surface area contributed by atoms with E-state index in [-0.39, 0.29) is 17.2 Å². The van der Waals surface area contributed by atoms with Crippen molar-refractivity contribution in [3.8, 4) is 0 Å². The largest absolute Gasteiger partial charge is 0.398 e. The summed E-state index contributed by atoms with van der Waals surface area (Å²) in [5.41, 5.74) is 7.82. The van der Waals surface area contributed by atoms with Crippen LogP contribution in [0.4, 0.5) is 16.0 Å². The predicted octanol–water partition coefficient (Wildman–Crippen LogP) is 2.38. The van der Waals surface area contributed by atoms with Crippen LogP contribution in [0, 0.1) is 26.6 Å². The van der Waals surface area contributed by atoms with Gasteiger partial charge in [0.1, 0.15) is 5.82 Å². The molecule has 20 heavy (non-hydrogen) atoms. The standard InChI is InChI=1S/C14H15FN4O/c1-7-4-8(2)18-14(17-7)19-13(20)10-5-11(15)9(3)12(16)6-10/h4-6H,16H2,1-3H3,(H,17,18,19,20). The van der Waals surface area contributed by atoms with Gasteiger partial charge in [0.15, 0.2) is 0 Å². The molecule has 2 aromatic rings. The Labute approximate surface area is 116 Å². The van der Waals surface area contributed by atoms with Crippen molar-refractivity contribution in [3.05, 3.63) is 46.5 Å². The number of carbonyl (C=O) groups excluding carboxylic acids is 1. The van der Waals surface area contributed by atoms with Crippen molar-refractivity contribution < 1.29 is 9.18 Å². The van der Waals surface area contributed by atoms with Gasteiger partial charge in [0.25, 0.3) is 5.91 Å². The molecule has 0 unspecified atom stereocenters. The number of amides is 1. The molecule has 1 aromatic carbocycles. The lowest BCUT2D eigenvalue weighted by Crippen LogP contribution is -2.16. The van der Waals surface area contributed by atoms with Crippen molar-refractivity contribution in [2.45, 2.75) is 20.8 Å². The van der Waals surface area contributed by atoms with Crippen molar-refractivity contribution in [3.63, 3.8) is 0 Å². The molecule has 6 heteroatoms. The summed E-state index contributed by atoms with van der Waals surface area (Å²) in [7, 11) is 0. The number of hydrogen-bond donors (Lipinski definition) is 2. The number of nitrogens with two attached hydrogens (primary N) is 1. The van der Waals surface area contributed by atoms with E-state index in [2.05, 4.69) is 15.3 Å². The second kappa shape index (κ2) is 5.24. The van der Waals surface area contributed by atoms with Crippen molar-refractivity contribution in [2.75, 3.05) is 11.1 Å². The highest BCUT2D eigenvalue weighted by atomic mass is 19.1. The van der Waals surface area contributed by atoms with Crippen LogP contribution in [0.1, 0.15) is 27.3 Å². The highest BCUT2D eigenvalue weighted by Gasteiger charge is 2.12. The fraction of sp³-hybridized carbons (Fsp3) is 0.214. The average molecular weight is 274 g/mol. The predicted molar refractivity (Wildman–Crippen MR) is 75.0 cm³/mol. The molecule has 5 nitrogen and oxygen atoms in total. The summed E-state index contributed by atoms with van der Waals surface area (Å²) in [5.74, 6) is -0.829. The van der Waals surface area contributed by atoms with E-state index in [4.69, 9.17) is 5.73 Å². The summed E-state index contributed by atoms with van der Waals surface area (Å²) in [6.07, 6.45) is 0. The zero-order valence-corrected chi connectivity index (χ0v) is 11.5. The smallest absolute Gasteiger partial charge is 0.258 e. The second-order valence-electron chi connectivity index (χ2n) is 4.60. The summed E-state index contributed by atoms with van der Waals surface area (Å²) in [6.45, 7) is 5.15. The Morgan fingerprint density at radius 1 is 1.15 bits per heavy atom. The topological polar surface area (TPSA) is 80.9 Å². The van der Waals surface area contributed by atoms with Crippen LogP contribution in [0.2, 0.25) is 0 Å². The number of aromatic nitrogens is 2. The SMILES string of the molecule is Cc1cc(C)nc(NC(=O)c2cc(N)c(C)c(F)c2)n1. The van der Waals surface area contributed by atoms with E-state index in [1.807, 2.05) is 0 Å². The minimum Gasteiger partial charge on any atom is -0.398 e. The molecule has 0 fully saturated rings. The van der Waals surface area contributed by atoms with Crippen molar-refractivity contribution in [1.82, 2.24) is 9.97 Å². The fourth-order valence-electron chi connectivity index (χ4n) is 1.79. The van der Waals surface area contributed by atoms with E-state index in [1.165, 1.54) is 6.07 Å². The van der Waals surface area contributed by atoms with Gasteiger partial charge in [0.2, 0.25) is 5.95 Å². The maximum absolute atomic E-state index is 13.6. The Morgan fingerprint density at radius 2 is 1.75 bits per heavy atom. The molecule has 0 spiro atoms. The molecule has 0 aliphatic heterocycles. The number of halogens is 1. The maximum Gasteiger partial charge on any atom is 0.258 e. The molecule has 0 radical (unpaired) electrons. The minimum atomic E-state index is -0.517. The van der Waals surface area contributed by atoms with E-state index in [9.17, 15) is 9.18 Å². The molecule has 104 valence electrons. The lowest BCUT2D eigenvalue weighted by molar-refractivity contribution is 0.102. The number of nitrogens with zero attached hydrogens (tertiary/aromatic N) is 2. The van der Waals surface area contributed by atoms with Crippen LogP contribution < -0.4 is 11.1 Å². The van der Waals surface area contributed by atoms with Gasteiger partial charge >= 0.3 is 0 Å². The second-order valence-corrected chi connectivity index (χ2v) is 4.60. The quantitative estimate of drug-likeness (QED) is 0.824. The third-order valence-electron chi connectivity index (χ3n) is 2.85. The highest BCUT2D eigenvalue weighted by Crippen LogP contribution is 2.18. The Balaban J connectivity index is 2.28. The molecule has 0 saturated carbocycles. The monoisotopic (exact) mass is 274 g/mol. The van der Waals surface area contributed by atoms with E-state index in [0.717, 1.165) is 17.5 Å². The number of benzene rings is 1. The summed E-state index contributed by atoms with van der Waals surface area (Å²) >= 11 is 0. The summed E-state index contributed by atoms with van der Waals surface area (Å²) in [4.78, 5) is 20.2. The lowest BCUT2D eigenvalue weighted by Gasteiger charge is -2.08. The van der Waals surface area contributed by atoms with Gasteiger partial charge in [0.05, 0.1) is 0 Å². The van der Waals surface area contributed by atoms with Gasteiger partial charge < -0.3 is 5.73 Å². The number of aryl methyl sites for hydroxylation is 2. The molecule has 0 atom stereocenters. The van der Waals surface area contributed by atoms with Gasteiger partial charge in [-0.1, -0.05) is 0 Å². The van der Waals surface area contributed by atoms with Crippen LogP contribution >= 0.6 is 0 Å². The number of nitrogens with one attached hydrogen (secondary N) is 1. The third-order valence-corrected chi connectivity index (χ3v) is 2.85. The number of carbonyl (C=O) groups is 1. The highest BCUT2D eigenvalue weighted by molar-refractivity contribution is 6.04. The van der Waals surface area contributed by atoms with Crippen LogP contribution in [0.25, 0.3) is 0 Å². The Kier molecular flexibility index (Phi) is 3.65. The summed E-state index contributed by atoms with van der Waals surface area (Å²) < 4.78 is 13.6. The number of hydrogen-bond acceptors (Lipinski definition) is 4. The van der Waals surface area contributed by atoms with E-state index in [0.29, 0.717) is 5.56 Å². The van der Waals surface area contributed by atoms with Gasteiger partial charge in [-0.25, -0.2) is 14.4 Å². The van der Waals surface area contributed by atoms with E-state index < -0.39 is 11.7 Å². The van der Waals surface area contributed by atoms with Crippen LogP contribution in [0.5, 0.6) is 0 Å². The molecular formula is C14H15FN4O. The zero-order valence-electron chi connectivity index (χ0n) is 11.5. The molecule has 0 aliphatic carbocycles. The van der Waals surface area contributed by atoms with Gasteiger partial charge in [-0.15, -0.1) is 0 Å². The number of anilines is 2. The average Bonchev–Trinajstić information content (AvgIpc) is 2.33. The fourth-order valence-corrected chi connectivity index (χ4v) is 1.79. The zero-order chi connectivity index (χ0) is 14.9. The van der Waals surface area contributed by atoms with Crippen LogP contribution in [-0.4, -0.2) is 15.9 Å². The molecular weight excluding hydrogens is 259 g/mol. The van der Waals surface area contributed by atoms with Crippen molar-refractivity contribution in [2.24, 2.45) is 0 Å². The van der Waals surface area contributed by atoms with Gasteiger partial charge in [-0.05, 0) is 39.0 Å². The molecule has 1 amide bonds. The lowest BCUT2D eigenvalue weighted by atomic mass is 10.1. The van der Waals surface area contributed by atoms with Gasteiger partial charge in [-0.2, -0.15) is 0 Å². The van der Waals surface area contributed by atoms with E-state index >= 15 is 0 Å². The molecule has 0 aliphatic rings.